The summed E-state index contributed by atoms with van der Waals surface area (Å²) in [4.78, 5) is 12.8. The molecule has 0 aliphatic carbocycles. The van der Waals surface area contributed by atoms with Crippen molar-refractivity contribution in [3.63, 3.8) is 0 Å². The molecule has 26 heavy (non-hydrogen) atoms. The monoisotopic (exact) mass is 349 g/mol. The molecule has 3 aromatic rings. The first-order valence-corrected chi connectivity index (χ1v) is 8.72. The number of rotatable bonds is 6. The van der Waals surface area contributed by atoms with Gasteiger partial charge in [-0.05, 0) is 50.5 Å². The Morgan fingerprint density at radius 2 is 1.92 bits per heavy atom. The van der Waals surface area contributed by atoms with Crippen LogP contribution in [-0.4, -0.2) is 27.4 Å². The van der Waals surface area contributed by atoms with Crippen LogP contribution in [0.25, 0.3) is 5.69 Å². The first-order valence-electron chi connectivity index (χ1n) is 8.72. The van der Waals surface area contributed by atoms with Gasteiger partial charge in [-0.3, -0.25) is 4.79 Å². The molecule has 2 N–H and O–H groups in total. The highest BCUT2D eigenvalue weighted by Crippen LogP contribution is 2.19. The van der Waals surface area contributed by atoms with E-state index in [2.05, 4.69) is 10.4 Å². The third kappa shape index (κ3) is 4.00. The lowest BCUT2D eigenvalue weighted by molar-refractivity contribution is 0.102. The predicted octanol–water partition coefficient (Wildman–Crippen LogP) is 3.67. The summed E-state index contributed by atoms with van der Waals surface area (Å²) >= 11 is 0. The number of aryl methyl sites for hydroxylation is 3. The zero-order chi connectivity index (χ0) is 18.5. The minimum absolute atomic E-state index is 0.0780. The van der Waals surface area contributed by atoms with Crippen molar-refractivity contribution in [1.29, 1.82) is 0 Å². The van der Waals surface area contributed by atoms with Crippen LogP contribution >= 0.6 is 0 Å². The molecule has 1 amide bonds. The van der Waals surface area contributed by atoms with Gasteiger partial charge < -0.3 is 10.4 Å². The fourth-order valence-electron chi connectivity index (χ4n) is 2.90. The summed E-state index contributed by atoms with van der Waals surface area (Å²) < 4.78 is 1.71. The molecular formula is C21H23N3O2. The smallest absolute Gasteiger partial charge is 0.276 e. The van der Waals surface area contributed by atoms with Crippen LogP contribution in [0.5, 0.6) is 0 Å². The zero-order valence-corrected chi connectivity index (χ0v) is 15.1. The molecule has 0 fully saturated rings. The second kappa shape index (κ2) is 7.97. The number of hydrogen-bond acceptors (Lipinski definition) is 3. The Labute approximate surface area is 153 Å². The van der Waals surface area contributed by atoms with Gasteiger partial charge >= 0.3 is 0 Å². The second-order valence-electron chi connectivity index (χ2n) is 6.38. The third-order valence-electron chi connectivity index (χ3n) is 4.26. The van der Waals surface area contributed by atoms with Crippen LogP contribution < -0.4 is 5.32 Å². The Morgan fingerprint density at radius 3 is 2.62 bits per heavy atom. The van der Waals surface area contributed by atoms with Crippen LogP contribution in [0.1, 0.15) is 33.6 Å². The summed E-state index contributed by atoms with van der Waals surface area (Å²) in [6.07, 6.45) is 3.05. The first-order chi connectivity index (χ1) is 12.6. The third-order valence-corrected chi connectivity index (χ3v) is 4.26. The second-order valence-corrected chi connectivity index (χ2v) is 6.38. The molecule has 1 heterocycles. The van der Waals surface area contributed by atoms with Crippen molar-refractivity contribution in [3.8, 4) is 5.69 Å². The fraction of sp³-hybridized carbons (Fsp3) is 0.238. The molecule has 5 heteroatoms. The fourth-order valence-corrected chi connectivity index (χ4v) is 2.90. The van der Waals surface area contributed by atoms with Gasteiger partial charge in [0.05, 0.1) is 5.69 Å². The van der Waals surface area contributed by atoms with E-state index in [9.17, 15) is 4.79 Å². The molecule has 0 spiro atoms. The number of aliphatic hydroxyl groups is 1. The van der Waals surface area contributed by atoms with E-state index in [0.29, 0.717) is 18.5 Å². The molecule has 0 radical (unpaired) electrons. The van der Waals surface area contributed by atoms with Crippen molar-refractivity contribution < 1.29 is 9.90 Å². The van der Waals surface area contributed by atoms with Crippen molar-refractivity contribution in [2.75, 3.05) is 11.9 Å². The number of carbonyl (C=O) groups excluding carboxylic acids is 1. The molecule has 0 saturated heterocycles. The molecule has 0 saturated carbocycles. The number of benzene rings is 2. The van der Waals surface area contributed by atoms with Gasteiger partial charge in [-0.25, -0.2) is 4.68 Å². The maximum Gasteiger partial charge on any atom is 0.276 e. The Morgan fingerprint density at radius 1 is 1.15 bits per heavy atom. The molecule has 0 aliphatic rings. The highest BCUT2D eigenvalue weighted by Gasteiger charge is 2.18. The minimum Gasteiger partial charge on any atom is -0.396 e. The van der Waals surface area contributed by atoms with E-state index in [1.54, 1.807) is 4.68 Å². The molecular weight excluding hydrogens is 326 g/mol. The average Bonchev–Trinajstić information content (AvgIpc) is 3.07. The van der Waals surface area contributed by atoms with E-state index in [4.69, 9.17) is 5.11 Å². The molecule has 134 valence electrons. The molecule has 1 aromatic heterocycles. The van der Waals surface area contributed by atoms with Gasteiger partial charge in [-0.15, -0.1) is 0 Å². The summed E-state index contributed by atoms with van der Waals surface area (Å²) in [7, 11) is 0. The maximum absolute atomic E-state index is 12.8. The number of nitrogens with one attached hydrogen (secondary N) is 1. The quantitative estimate of drug-likeness (QED) is 0.713. The highest BCUT2D eigenvalue weighted by atomic mass is 16.2. The van der Waals surface area contributed by atoms with Gasteiger partial charge in [-0.1, -0.05) is 35.9 Å². The Hall–Kier alpha value is -2.92. The topological polar surface area (TPSA) is 67.2 Å². The predicted molar refractivity (Wildman–Crippen MR) is 103 cm³/mol. The lowest BCUT2D eigenvalue weighted by Gasteiger charge is -2.09. The molecule has 3 rings (SSSR count). The number of nitrogens with zero attached hydrogens (tertiary/aromatic N) is 2. The summed E-state index contributed by atoms with van der Waals surface area (Å²) in [6.45, 7) is 4.07. The van der Waals surface area contributed by atoms with Crippen LogP contribution in [-0.2, 0) is 6.42 Å². The molecule has 0 bridgehead atoms. The van der Waals surface area contributed by atoms with Crippen LogP contribution in [0.4, 0.5) is 5.69 Å². The Balaban J connectivity index is 1.91. The Bertz CT molecular complexity index is 901. The zero-order valence-electron chi connectivity index (χ0n) is 15.1. The number of aromatic nitrogens is 2. The highest BCUT2D eigenvalue weighted by molar-refractivity contribution is 6.04. The summed E-state index contributed by atoms with van der Waals surface area (Å²) in [6, 6.07) is 15.6. The van der Waals surface area contributed by atoms with E-state index in [1.165, 1.54) is 0 Å². The molecule has 0 atom stereocenters. The number of aliphatic hydroxyl groups excluding tert-OH is 1. The van der Waals surface area contributed by atoms with E-state index in [1.807, 2.05) is 68.6 Å². The largest absolute Gasteiger partial charge is 0.396 e. The normalized spacial score (nSPS) is 10.7. The first kappa shape index (κ1) is 17.9. The Kier molecular flexibility index (Phi) is 5.49. The molecule has 5 nitrogen and oxygen atoms in total. The number of carbonyl (C=O) groups is 1. The van der Waals surface area contributed by atoms with E-state index in [0.717, 1.165) is 28.1 Å². The molecule has 0 unspecified atom stereocenters. The van der Waals surface area contributed by atoms with Crippen molar-refractivity contribution in [1.82, 2.24) is 9.78 Å². The lowest BCUT2D eigenvalue weighted by Crippen LogP contribution is -2.16. The van der Waals surface area contributed by atoms with Crippen LogP contribution in [0.15, 0.2) is 54.7 Å². The van der Waals surface area contributed by atoms with Gasteiger partial charge in [-0.2, -0.15) is 5.10 Å². The lowest BCUT2D eigenvalue weighted by atomic mass is 10.1. The van der Waals surface area contributed by atoms with Crippen molar-refractivity contribution in [2.24, 2.45) is 0 Å². The van der Waals surface area contributed by atoms with Crippen LogP contribution in [0, 0.1) is 13.8 Å². The van der Waals surface area contributed by atoms with E-state index < -0.39 is 0 Å². The van der Waals surface area contributed by atoms with Gasteiger partial charge in [0, 0.05) is 24.1 Å². The number of hydrogen-bond donors (Lipinski definition) is 2. The summed E-state index contributed by atoms with van der Waals surface area (Å²) in [5, 5.41) is 16.6. The molecule has 0 aliphatic heterocycles. The number of amides is 1. The van der Waals surface area contributed by atoms with Gasteiger partial charge in [0.2, 0.25) is 0 Å². The van der Waals surface area contributed by atoms with Crippen LogP contribution in [0.3, 0.4) is 0 Å². The molecule has 2 aromatic carbocycles. The summed E-state index contributed by atoms with van der Waals surface area (Å²) in [5.74, 6) is -0.237. The number of para-hydroxylation sites is 1. The van der Waals surface area contributed by atoms with E-state index >= 15 is 0 Å². The van der Waals surface area contributed by atoms with E-state index in [-0.39, 0.29) is 12.5 Å². The SMILES string of the molecule is Cc1ccc(NC(=O)c2nn(-c3ccccc3)cc2CCCO)c(C)c1. The standard InChI is InChI=1S/C21H23N3O2/c1-15-10-11-19(16(2)13-15)22-21(26)20-17(7-6-12-25)14-24(23-20)18-8-4-3-5-9-18/h3-5,8-11,13-14,25H,6-7,12H2,1-2H3,(H,22,26). The average molecular weight is 349 g/mol. The summed E-state index contributed by atoms with van der Waals surface area (Å²) in [5.41, 5.74) is 5.05. The van der Waals surface area contributed by atoms with Gasteiger partial charge in [0.15, 0.2) is 5.69 Å². The van der Waals surface area contributed by atoms with Crippen molar-refractivity contribution in [2.45, 2.75) is 26.7 Å². The van der Waals surface area contributed by atoms with Gasteiger partial charge in [0.1, 0.15) is 0 Å². The van der Waals surface area contributed by atoms with Crippen molar-refractivity contribution >= 4 is 11.6 Å². The van der Waals surface area contributed by atoms with Crippen molar-refractivity contribution in [3.05, 3.63) is 77.1 Å². The van der Waals surface area contributed by atoms with Gasteiger partial charge in [0.25, 0.3) is 5.91 Å². The maximum atomic E-state index is 12.8. The number of anilines is 1. The van der Waals surface area contributed by atoms with Crippen LogP contribution in [0.2, 0.25) is 0 Å². The minimum atomic E-state index is -0.237.